The number of nitrogens with one attached hydrogen (secondary N) is 1. The van der Waals surface area contributed by atoms with E-state index in [0.717, 1.165) is 11.1 Å². The third-order valence-corrected chi connectivity index (χ3v) is 6.03. The Morgan fingerprint density at radius 3 is 2.21 bits per heavy atom. The zero-order valence-corrected chi connectivity index (χ0v) is 17.2. The van der Waals surface area contributed by atoms with Gasteiger partial charge >= 0.3 is 0 Å². The molecule has 2 aromatic carbocycles. The summed E-state index contributed by atoms with van der Waals surface area (Å²) in [5.74, 6) is -2.10. The van der Waals surface area contributed by atoms with E-state index < -0.39 is 21.5 Å². The molecule has 0 spiro atoms. The van der Waals surface area contributed by atoms with Gasteiger partial charge in [-0.1, -0.05) is 18.2 Å². The van der Waals surface area contributed by atoms with Gasteiger partial charge in [0, 0.05) is 12.1 Å². The molecule has 0 aliphatic carbocycles. The van der Waals surface area contributed by atoms with Crippen LogP contribution in [0.1, 0.15) is 45.1 Å². The number of amides is 1. The first-order chi connectivity index (χ1) is 13.0. The van der Waals surface area contributed by atoms with Gasteiger partial charge in [0.25, 0.3) is 0 Å². The minimum atomic E-state index is -3.73. The molecule has 7 heteroatoms. The minimum absolute atomic E-state index is 0.117. The topological polar surface area (TPSA) is 80.3 Å². The Morgan fingerprint density at radius 1 is 1.04 bits per heavy atom. The number of rotatable bonds is 7. The van der Waals surface area contributed by atoms with Crippen LogP contribution in [0.3, 0.4) is 0 Å². The predicted molar refractivity (Wildman–Crippen MR) is 106 cm³/mol. The van der Waals surface area contributed by atoms with E-state index in [1.165, 1.54) is 31.2 Å². The minimum Gasteiger partial charge on any atom is -0.351 e. The molecule has 2 aromatic rings. The van der Waals surface area contributed by atoms with E-state index in [1.807, 2.05) is 6.92 Å². The Labute approximate surface area is 164 Å². The SMILES string of the molecule is CC(=O)c1c(C)cc(C)c(CS(=O)(=O)CC(=O)NCc2ccc(F)cc2)c1C. The zero-order valence-electron chi connectivity index (χ0n) is 16.4. The van der Waals surface area contributed by atoms with E-state index in [9.17, 15) is 22.4 Å². The van der Waals surface area contributed by atoms with Crippen molar-refractivity contribution in [3.05, 3.63) is 69.5 Å². The van der Waals surface area contributed by atoms with Crippen molar-refractivity contribution in [1.29, 1.82) is 0 Å². The van der Waals surface area contributed by atoms with Crippen LogP contribution in [0.4, 0.5) is 4.39 Å². The standard InChI is InChI=1S/C21H24FNO4S/c1-13-9-14(2)21(16(4)24)15(3)19(13)11-28(26,27)12-20(25)23-10-17-5-7-18(22)8-6-17/h5-9H,10-12H2,1-4H3,(H,23,25). The molecule has 0 atom stereocenters. The molecule has 0 radical (unpaired) electrons. The maximum absolute atomic E-state index is 12.9. The molecule has 1 N–H and O–H groups in total. The van der Waals surface area contributed by atoms with Crippen LogP contribution in [0.5, 0.6) is 0 Å². The smallest absolute Gasteiger partial charge is 0.235 e. The van der Waals surface area contributed by atoms with Crippen molar-refractivity contribution >= 4 is 21.5 Å². The highest BCUT2D eigenvalue weighted by molar-refractivity contribution is 7.91. The largest absolute Gasteiger partial charge is 0.351 e. The number of carbonyl (C=O) groups excluding carboxylic acids is 2. The molecule has 0 fully saturated rings. The van der Waals surface area contributed by atoms with E-state index in [1.54, 1.807) is 19.9 Å². The van der Waals surface area contributed by atoms with Gasteiger partial charge in [-0.2, -0.15) is 0 Å². The summed E-state index contributed by atoms with van der Waals surface area (Å²) in [5, 5.41) is 2.53. The molecule has 2 rings (SSSR count). The maximum atomic E-state index is 12.9. The number of Topliss-reactive ketones (excluding diaryl/α,β-unsaturated/α-hetero) is 1. The fraction of sp³-hybridized carbons (Fsp3) is 0.333. The molecule has 1 amide bonds. The Balaban J connectivity index is 2.11. The highest BCUT2D eigenvalue weighted by atomic mass is 32.2. The number of aryl methyl sites for hydroxylation is 2. The second kappa shape index (κ2) is 8.65. The summed E-state index contributed by atoms with van der Waals surface area (Å²) >= 11 is 0. The molecule has 28 heavy (non-hydrogen) atoms. The molecule has 0 bridgehead atoms. The first-order valence-electron chi connectivity index (χ1n) is 8.82. The van der Waals surface area contributed by atoms with E-state index in [0.29, 0.717) is 22.3 Å². The fourth-order valence-corrected chi connectivity index (χ4v) is 4.80. The fourth-order valence-electron chi connectivity index (χ4n) is 3.31. The van der Waals surface area contributed by atoms with Gasteiger partial charge in [-0.3, -0.25) is 9.59 Å². The van der Waals surface area contributed by atoms with Gasteiger partial charge in [0.15, 0.2) is 15.6 Å². The second-order valence-electron chi connectivity index (χ2n) is 6.98. The van der Waals surface area contributed by atoms with Crippen LogP contribution in [0, 0.1) is 26.6 Å². The van der Waals surface area contributed by atoms with Crippen molar-refractivity contribution in [2.75, 3.05) is 5.75 Å². The Hall–Kier alpha value is -2.54. The summed E-state index contributed by atoms with van der Waals surface area (Å²) in [6.45, 7) is 6.91. The van der Waals surface area contributed by atoms with Crippen LogP contribution in [-0.4, -0.2) is 25.9 Å². The average molecular weight is 405 g/mol. The number of hydrogen-bond donors (Lipinski definition) is 1. The molecular formula is C21H24FNO4S. The van der Waals surface area contributed by atoms with Crippen LogP contribution in [0.25, 0.3) is 0 Å². The third kappa shape index (κ3) is 5.48. The van der Waals surface area contributed by atoms with Crippen LogP contribution in [0.15, 0.2) is 30.3 Å². The Bertz CT molecular complexity index is 1010. The van der Waals surface area contributed by atoms with E-state index in [4.69, 9.17) is 0 Å². The van der Waals surface area contributed by atoms with Crippen LogP contribution >= 0.6 is 0 Å². The van der Waals surface area contributed by atoms with Gasteiger partial charge in [0.2, 0.25) is 5.91 Å². The average Bonchev–Trinajstić information content (AvgIpc) is 2.57. The summed E-state index contributed by atoms with van der Waals surface area (Å²) in [5.41, 5.74) is 3.97. The molecule has 0 saturated heterocycles. The van der Waals surface area contributed by atoms with Crippen molar-refractivity contribution in [3.8, 4) is 0 Å². The zero-order chi connectivity index (χ0) is 21.1. The second-order valence-corrected chi connectivity index (χ2v) is 9.05. The molecule has 150 valence electrons. The van der Waals surface area contributed by atoms with Crippen molar-refractivity contribution in [2.45, 2.75) is 40.0 Å². The first kappa shape index (κ1) is 21.8. The summed E-state index contributed by atoms with van der Waals surface area (Å²) in [6, 6.07) is 7.38. The maximum Gasteiger partial charge on any atom is 0.235 e. The van der Waals surface area contributed by atoms with Gasteiger partial charge < -0.3 is 5.32 Å². The van der Waals surface area contributed by atoms with E-state index >= 15 is 0 Å². The van der Waals surface area contributed by atoms with Gasteiger partial charge in [-0.25, -0.2) is 12.8 Å². The Kier molecular flexibility index (Phi) is 6.72. The lowest BCUT2D eigenvalue weighted by atomic mass is 9.92. The lowest BCUT2D eigenvalue weighted by Crippen LogP contribution is -2.30. The number of halogens is 1. The quantitative estimate of drug-likeness (QED) is 0.718. The molecule has 0 heterocycles. The number of ketones is 1. The molecular weight excluding hydrogens is 381 g/mol. The lowest BCUT2D eigenvalue weighted by Gasteiger charge is -2.16. The lowest BCUT2D eigenvalue weighted by molar-refractivity contribution is -0.118. The highest BCUT2D eigenvalue weighted by Gasteiger charge is 2.22. The number of benzene rings is 2. The summed E-state index contributed by atoms with van der Waals surface area (Å²) < 4.78 is 38.0. The molecule has 0 aliphatic rings. The first-order valence-corrected chi connectivity index (χ1v) is 10.6. The van der Waals surface area contributed by atoms with Crippen molar-refractivity contribution in [1.82, 2.24) is 5.32 Å². The van der Waals surface area contributed by atoms with Gasteiger partial charge in [-0.05, 0) is 67.6 Å². The van der Waals surface area contributed by atoms with Gasteiger partial charge in [-0.15, -0.1) is 0 Å². The Morgan fingerprint density at radius 2 is 1.64 bits per heavy atom. The van der Waals surface area contributed by atoms with Crippen molar-refractivity contribution < 1.29 is 22.4 Å². The summed E-state index contributed by atoms with van der Waals surface area (Å²) in [4.78, 5) is 24.0. The predicted octanol–water partition coefficient (Wildman–Crippen LogP) is 3.18. The van der Waals surface area contributed by atoms with Crippen LogP contribution < -0.4 is 5.32 Å². The van der Waals surface area contributed by atoms with Crippen molar-refractivity contribution in [2.24, 2.45) is 0 Å². The van der Waals surface area contributed by atoms with Gasteiger partial charge in [0.1, 0.15) is 11.6 Å². The third-order valence-electron chi connectivity index (χ3n) is 4.60. The van der Waals surface area contributed by atoms with Crippen molar-refractivity contribution in [3.63, 3.8) is 0 Å². The molecule has 0 aliphatic heterocycles. The number of hydrogen-bond acceptors (Lipinski definition) is 4. The summed E-state index contributed by atoms with van der Waals surface area (Å²) in [6.07, 6.45) is 0. The molecule has 0 aromatic heterocycles. The molecule has 0 unspecified atom stereocenters. The van der Waals surface area contributed by atoms with E-state index in [-0.39, 0.29) is 23.9 Å². The monoisotopic (exact) mass is 405 g/mol. The molecule has 0 saturated carbocycles. The number of carbonyl (C=O) groups is 2. The highest BCUT2D eigenvalue weighted by Crippen LogP contribution is 2.25. The summed E-state index contributed by atoms with van der Waals surface area (Å²) in [7, 11) is -3.73. The van der Waals surface area contributed by atoms with Crippen LogP contribution in [-0.2, 0) is 26.9 Å². The van der Waals surface area contributed by atoms with Crippen LogP contribution in [0.2, 0.25) is 0 Å². The van der Waals surface area contributed by atoms with E-state index in [2.05, 4.69) is 5.32 Å². The van der Waals surface area contributed by atoms with Gasteiger partial charge in [0.05, 0.1) is 5.75 Å². The number of sulfone groups is 1. The molecule has 5 nitrogen and oxygen atoms in total. The normalized spacial score (nSPS) is 11.3.